The van der Waals surface area contributed by atoms with Crippen molar-refractivity contribution >= 4 is 5.91 Å². The van der Waals surface area contributed by atoms with E-state index in [1.54, 1.807) is 18.3 Å². The fraction of sp³-hybridized carbons (Fsp3) is 0.529. The van der Waals surface area contributed by atoms with E-state index in [1.165, 1.54) is 12.8 Å². The maximum atomic E-state index is 12.0. The summed E-state index contributed by atoms with van der Waals surface area (Å²) in [5.41, 5.74) is 1.15. The lowest BCUT2D eigenvalue weighted by atomic mass is 10.1. The molecule has 0 fully saturated rings. The van der Waals surface area contributed by atoms with Crippen LogP contribution in [-0.4, -0.2) is 28.6 Å². The van der Waals surface area contributed by atoms with E-state index in [9.17, 15) is 4.79 Å². The van der Waals surface area contributed by atoms with Crippen molar-refractivity contribution in [3.05, 3.63) is 29.6 Å². The maximum Gasteiger partial charge on any atom is 0.270 e. The molecule has 4 nitrogen and oxygen atoms in total. The Labute approximate surface area is 127 Å². The van der Waals surface area contributed by atoms with E-state index in [0.29, 0.717) is 12.1 Å². The first-order valence-electron chi connectivity index (χ1n) is 7.54. The van der Waals surface area contributed by atoms with Crippen molar-refractivity contribution in [2.75, 3.05) is 6.61 Å². The standard InChI is InChI=1S/C17H24N2O2/c1-3-4-5-8-14(2)19-17(21)16-11-10-15(13-18-16)9-6-7-12-20/h10-11,13-14,20H,3-5,7-8,12H2,1-2H3,(H,19,21). The Hall–Kier alpha value is -1.86. The molecule has 2 N–H and O–H groups in total. The molecule has 0 aliphatic rings. The van der Waals surface area contributed by atoms with Crippen LogP contribution in [0.15, 0.2) is 18.3 Å². The molecule has 1 aromatic heterocycles. The second-order valence-electron chi connectivity index (χ2n) is 5.08. The van der Waals surface area contributed by atoms with E-state index in [-0.39, 0.29) is 18.6 Å². The number of nitrogens with zero attached hydrogens (tertiary/aromatic N) is 1. The van der Waals surface area contributed by atoms with E-state index in [1.807, 2.05) is 6.92 Å². The molecular formula is C17H24N2O2. The highest BCUT2D eigenvalue weighted by Gasteiger charge is 2.10. The molecule has 1 atom stereocenters. The van der Waals surface area contributed by atoms with E-state index < -0.39 is 0 Å². The number of carbonyl (C=O) groups is 1. The third-order valence-electron chi connectivity index (χ3n) is 3.08. The van der Waals surface area contributed by atoms with Gasteiger partial charge in [-0.05, 0) is 25.5 Å². The molecule has 1 heterocycles. The van der Waals surface area contributed by atoms with Crippen molar-refractivity contribution in [3.8, 4) is 11.8 Å². The van der Waals surface area contributed by atoms with E-state index in [0.717, 1.165) is 18.4 Å². The van der Waals surface area contributed by atoms with Crippen LogP contribution in [0.4, 0.5) is 0 Å². The summed E-state index contributed by atoms with van der Waals surface area (Å²) in [6, 6.07) is 3.61. The number of rotatable bonds is 7. The fourth-order valence-electron chi connectivity index (χ4n) is 1.89. The quantitative estimate of drug-likeness (QED) is 0.598. The van der Waals surface area contributed by atoms with Crippen LogP contribution in [0.5, 0.6) is 0 Å². The molecule has 0 saturated carbocycles. The van der Waals surface area contributed by atoms with Crippen molar-refractivity contribution in [3.63, 3.8) is 0 Å². The van der Waals surface area contributed by atoms with Crippen molar-refractivity contribution < 1.29 is 9.90 Å². The topological polar surface area (TPSA) is 62.2 Å². The Balaban J connectivity index is 2.49. The van der Waals surface area contributed by atoms with Gasteiger partial charge in [-0.25, -0.2) is 4.98 Å². The average molecular weight is 288 g/mol. The Morgan fingerprint density at radius 3 is 2.86 bits per heavy atom. The van der Waals surface area contributed by atoms with Crippen LogP contribution in [0.2, 0.25) is 0 Å². The fourth-order valence-corrected chi connectivity index (χ4v) is 1.89. The van der Waals surface area contributed by atoms with Crippen molar-refractivity contribution in [1.29, 1.82) is 0 Å². The lowest BCUT2D eigenvalue weighted by Gasteiger charge is -2.13. The molecule has 1 unspecified atom stereocenters. The van der Waals surface area contributed by atoms with Crippen LogP contribution in [0.3, 0.4) is 0 Å². The largest absolute Gasteiger partial charge is 0.395 e. The van der Waals surface area contributed by atoms with Crippen molar-refractivity contribution in [1.82, 2.24) is 10.3 Å². The summed E-state index contributed by atoms with van der Waals surface area (Å²) in [6.07, 6.45) is 6.52. The molecule has 1 amide bonds. The molecule has 114 valence electrons. The number of hydrogen-bond acceptors (Lipinski definition) is 3. The van der Waals surface area contributed by atoms with Gasteiger partial charge < -0.3 is 10.4 Å². The summed E-state index contributed by atoms with van der Waals surface area (Å²) >= 11 is 0. The third-order valence-corrected chi connectivity index (χ3v) is 3.08. The summed E-state index contributed by atoms with van der Waals surface area (Å²) in [7, 11) is 0. The Morgan fingerprint density at radius 2 is 2.24 bits per heavy atom. The number of aromatic nitrogens is 1. The second kappa shape index (κ2) is 9.95. The van der Waals surface area contributed by atoms with Crippen LogP contribution in [0, 0.1) is 11.8 Å². The first-order chi connectivity index (χ1) is 10.2. The highest BCUT2D eigenvalue weighted by molar-refractivity contribution is 5.92. The number of hydrogen-bond donors (Lipinski definition) is 2. The van der Waals surface area contributed by atoms with Crippen LogP contribution in [0.1, 0.15) is 62.0 Å². The highest BCUT2D eigenvalue weighted by Crippen LogP contribution is 2.04. The summed E-state index contributed by atoms with van der Waals surface area (Å²) in [6.45, 7) is 4.23. The van der Waals surface area contributed by atoms with Gasteiger partial charge in [0.05, 0.1) is 6.61 Å². The van der Waals surface area contributed by atoms with Gasteiger partial charge in [0.25, 0.3) is 5.91 Å². The Bertz CT molecular complexity index is 486. The molecule has 0 bridgehead atoms. The van der Waals surface area contributed by atoms with Crippen molar-refractivity contribution in [2.24, 2.45) is 0 Å². The van der Waals surface area contributed by atoms with Gasteiger partial charge in [0.1, 0.15) is 5.69 Å². The molecule has 0 aliphatic heterocycles. The maximum absolute atomic E-state index is 12.0. The number of aliphatic hydroxyl groups is 1. The van der Waals surface area contributed by atoms with Gasteiger partial charge in [-0.1, -0.05) is 38.0 Å². The molecule has 1 aromatic rings. The third kappa shape index (κ3) is 6.92. The zero-order chi connectivity index (χ0) is 15.5. The molecule has 21 heavy (non-hydrogen) atoms. The van der Waals surface area contributed by atoms with Crippen LogP contribution < -0.4 is 5.32 Å². The first kappa shape index (κ1) is 17.2. The molecule has 0 radical (unpaired) electrons. The second-order valence-corrected chi connectivity index (χ2v) is 5.08. The minimum Gasteiger partial charge on any atom is -0.395 e. The lowest BCUT2D eigenvalue weighted by Crippen LogP contribution is -2.33. The van der Waals surface area contributed by atoms with Gasteiger partial charge in [-0.2, -0.15) is 0 Å². The van der Waals surface area contributed by atoms with E-state index in [4.69, 9.17) is 5.11 Å². The van der Waals surface area contributed by atoms with E-state index in [2.05, 4.69) is 29.1 Å². The summed E-state index contributed by atoms with van der Waals surface area (Å²) in [4.78, 5) is 16.1. The Kier molecular flexibility index (Phi) is 8.15. The van der Waals surface area contributed by atoms with Gasteiger partial charge in [-0.3, -0.25) is 4.79 Å². The summed E-state index contributed by atoms with van der Waals surface area (Å²) in [5.74, 6) is 5.56. The van der Waals surface area contributed by atoms with Crippen LogP contribution in [-0.2, 0) is 0 Å². The van der Waals surface area contributed by atoms with Crippen molar-refractivity contribution in [2.45, 2.75) is 52.0 Å². The number of aliphatic hydroxyl groups excluding tert-OH is 1. The van der Waals surface area contributed by atoms with Crippen LogP contribution >= 0.6 is 0 Å². The number of amides is 1. The normalized spacial score (nSPS) is 11.4. The zero-order valence-electron chi connectivity index (χ0n) is 12.9. The Morgan fingerprint density at radius 1 is 1.43 bits per heavy atom. The molecule has 4 heteroatoms. The first-order valence-corrected chi connectivity index (χ1v) is 7.54. The SMILES string of the molecule is CCCCCC(C)NC(=O)c1ccc(C#CCCO)cn1. The van der Waals surface area contributed by atoms with Gasteiger partial charge in [0.2, 0.25) is 0 Å². The predicted octanol–water partition coefficient (Wildman–Crippen LogP) is 2.51. The molecule has 0 saturated heterocycles. The number of unbranched alkanes of at least 4 members (excludes halogenated alkanes) is 2. The summed E-state index contributed by atoms with van der Waals surface area (Å²) < 4.78 is 0. The average Bonchev–Trinajstić information content (AvgIpc) is 2.48. The number of carbonyl (C=O) groups excluding carboxylic acids is 1. The number of pyridine rings is 1. The van der Waals surface area contributed by atoms with Gasteiger partial charge in [-0.15, -0.1) is 0 Å². The molecule has 1 rings (SSSR count). The minimum absolute atomic E-state index is 0.0524. The number of nitrogens with one attached hydrogen (secondary N) is 1. The van der Waals surface area contributed by atoms with E-state index >= 15 is 0 Å². The molecule has 0 aromatic carbocycles. The zero-order valence-corrected chi connectivity index (χ0v) is 12.9. The highest BCUT2D eigenvalue weighted by atomic mass is 16.2. The monoisotopic (exact) mass is 288 g/mol. The molecule has 0 spiro atoms. The predicted molar refractivity (Wildman–Crippen MR) is 83.9 cm³/mol. The lowest BCUT2D eigenvalue weighted by molar-refractivity contribution is 0.0933. The smallest absolute Gasteiger partial charge is 0.270 e. The molecule has 0 aliphatic carbocycles. The molecular weight excluding hydrogens is 264 g/mol. The van der Waals surface area contributed by atoms with Gasteiger partial charge >= 0.3 is 0 Å². The van der Waals surface area contributed by atoms with Gasteiger partial charge in [0.15, 0.2) is 0 Å². The van der Waals surface area contributed by atoms with Crippen LogP contribution in [0.25, 0.3) is 0 Å². The minimum atomic E-state index is -0.145. The summed E-state index contributed by atoms with van der Waals surface area (Å²) in [5, 5.41) is 11.6. The van der Waals surface area contributed by atoms with Gasteiger partial charge in [0, 0.05) is 24.2 Å².